The Morgan fingerprint density at radius 3 is 1.35 bits per heavy atom. The third kappa shape index (κ3) is 4.40. The lowest BCUT2D eigenvalue weighted by atomic mass is 9.36. The first-order chi connectivity index (χ1) is 16.1. The molecule has 1 aliphatic heterocycles. The number of ether oxygens (including phenoxy) is 2. The highest BCUT2D eigenvalue weighted by Gasteiger charge is 2.38. The lowest BCUT2D eigenvalue weighted by Crippen LogP contribution is -2.52. The van der Waals surface area contributed by atoms with E-state index in [1.807, 2.05) is 0 Å². The van der Waals surface area contributed by atoms with Gasteiger partial charge < -0.3 is 9.47 Å². The molecular weight excluding hydrogens is 645 g/mol. The molecule has 3 aromatic rings. The zero-order valence-electron chi connectivity index (χ0n) is 21.3. The molecule has 0 aliphatic carbocycles. The van der Waals surface area contributed by atoms with E-state index < -0.39 is 0 Å². The number of hydrogen-bond donors (Lipinski definition) is 0. The molecule has 178 valence electrons. The number of rotatable bonds is 6. The summed E-state index contributed by atoms with van der Waals surface area (Å²) in [4.78, 5) is 0. The predicted octanol–water partition coefficient (Wildman–Crippen LogP) is 6.78. The summed E-state index contributed by atoms with van der Waals surface area (Å²) in [7, 11) is 3.51. The van der Waals surface area contributed by atoms with Crippen molar-refractivity contribution >= 4 is 68.3 Å². The maximum atomic E-state index is 5.73. The molecule has 0 saturated heterocycles. The second kappa shape index (κ2) is 10.0. The van der Waals surface area contributed by atoms with Gasteiger partial charge in [-0.05, 0) is 115 Å². The van der Waals surface area contributed by atoms with Gasteiger partial charge in [0.1, 0.15) is 11.5 Å². The smallest absolute Gasteiger partial charge is 0.243 e. The molecule has 1 heterocycles. The molecule has 4 rings (SSSR count). The van der Waals surface area contributed by atoms with Crippen LogP contribution in [0.25, 0.3) is 11.1 Å². The number of fused-ring (bicyclic) bond motifs is 3. The molecule has 0 spiro atoms. The van der Waals surface area contributed by atoms with Crippen molar-refractivity contribution in [2.45, 2.75) is 59.3 Å². The fourth-order valence-electron chi connectivity index (χ4n) is 5.22. The summed E-state index contributed by atoms with van der Waals surface area (Å²) in [6.45, 7) is 14.1. The van der Waals surface area contributed by atoms with Crippen LogP contribution in [0.15, 0.2) is 36.4 Å². The van der Waals surface area contributed by atoms with Crippen LogP contribution < -0.4 is 25.9 Å². The Morgan fingerprint density at radius 2 is 1.03 bits per heavy atom. The predicted molar refractivity (Wildman–Crippen MR) is 164 cm³/mol. The Bertz CT molecular complexity index is 1160. The van der Waals surface area contributed by atoms with Gasteiger partial charge in [0.25, 0.3) is 0 Å². The first kappa shape index (κ1) is 25.9. The highest BCUT2D eigenvalue weighted by molar-refractivity contribution is 14.1. The summed E-state index contributed by atoms with van der Waals surface area (Å²) in [5.41, 5.74) is 11.1. The number of benzene rings is 3. The fraction of sp³-hybridized carbons (Fsp3) is 0.379. The zero-order chi connectivity index (χ0) is 24.9. The molecule has 2 nitrogen and oxygen atoms in total. The Kier molecular flexibility index (Phi) is 7.64. The molecule has 0 amide bonds. The molecule has 5 heteroatoms. The van der Waals surface area contributed by atoms with E-state index in [-0.39, 0.29) is 6.71 Å². The van der Waals surface area contributed by atoms with E-state index in [2.05, 4.69) is 123 Å². The number of methoxy groups -OCH3 is 2. The molecule has 0 N–H and O–H groups in total. The van der Waals surface area contributed by atoms with Crippen LogP contribution in [0.5, 0.6) is 11.5 Å². The maximum Gasteiger partial charge on any atom is 0.243 e. The van der Waals surface area contributed by atoms with Gasteiger partial charge in [-0.3, -0.25) is 0 Å². The summed E-state index contributed by atoms with van der Waals surface area (Å²) in [5, 5.41) is 0. The fourth-order valence-corrected chi connectivity index (χ4v) is 6.64. The van der Waals surface area contributed by atoms with Crippen LogP contribution in [-0.4, -0.2) is 20.9 Å². The van der Waals surface area contributed by atoms with Gasteiger partial charge in [-0.15, -0.1) is 0 Å². The van der Waals surface area contributed by atoms with E-state index in [1.54, 1.807) is 14.2 Å². The SMILES string of the molecule is COc1cc2c(cc1I)B(c1c(C(C)C)cc(C(C)C)cc1C(C)C)c1cc(I)c(OC)cc1-2. The molecule has 0 aromatic heterocycles. The molecule has 0 unspecified atom stereocenters. The number of halogens is 2. The van der Waals surface area contributed by atoms with Crippen molar-refractivity contribution in [3.63, 3.8) is 0 Å². The van der Waals surface area contributed by atoms with E-state index >= 15 is 0 Å². The van der Waals surface area contributed by atoms with Gasteiger partial charge in [0, 0.05) is 0 Å². The second-order valence-corrected chi connectivity index (χ2v) is 12.5. The minimum atomic E-state index is 0.194. The third-order valence-corrected chi connectivity index (χ3v) is 8.71. The standard InChI is InChI=1S/C29H33BI2O2/c1-15(2)18-9-19(16(3)4)29(20(10-18)17(5)6)30-23-13-25(31)27(33-7)11-21(23)22-12-28(34-8)26(32)14-24(22)30/h9-17H,1-8H3. The lowest BCUT2D eigenvalue weighted by Gasteiger charge is -2.26. The topological polar surface area (TPSA) is 18.5 Å². The van der Waals surface area contributed by atoms with Crippen LogP contribution in [0.1, 0.15) is 76.0 Å². The largest absolute Gasteiger partial charge is 0.496 e. The second-order valence-electron chi connectivity index (χ2n) is 10.2. The average molecular weight is 678 g/mol. The Balaban J connectivity index is 2.13. The van der Waals surface area contributed by atoms with Crippen LogP contribution in [-0.2, 0) is 0 Å². The summed E-state index contributed by atoms with van der Waals surface area (Å²) in [6, 6.07) is 14.0. The Morgan fingerprint density at radius 1 is 0.618 bits per heavy atom. The molecule has 0 fully saturated rings. The van der Waals surface area contributed by atoms with Crippen LogP contribution in [0.3, 0.4) is 0 Å². The average Bonchev–Trinajstić information content (AvgIpc) is 3.07. The normalized spacial score (nSPS) is 12.6. The molecular formula is C29H33BI2O2. The maximum absolute atomic E-state index is 5.73. The molecule has 0 radical (unpaired) electrons. The minimum Gasteiger partial charge on any atom is -0.496 e. The first-order valence-electron chi connectivity index (χ1n) is 12.0. The molecule has 0 atom stereocenters. The summed E-state index contributed by atoms with van der Waals surface area (Å²) in [6.07, 6.45) is 0. The lowest BCUT2D eigenvalue weighted by molar-refractivity contribution is 0.411. The van der Waals surface area contributed by atoms with E-state index in [9.17, 15) is 0 Å². The van der Waals surface area contributed by atoms with Crippen molar-refractivity contribution in [2.24, 2.45) is 0 Å². The van der Waals surface area contributed by atoms with Gasteiger partial charge in [-0.1, -0.05) is 70.1 Å². The zero-order valence-corrected chi connectivity index (χ0v) is 25.7. The Labute approximate surface area is 232 Å². The van der Waals surface area contributed by atoms with Crippen molar-refractivity contribution in [1.29, 1.82) is 0 Å². The van der Waals surface area contributed by atoms with E-state index in [0.717, 1.165) is 18.6 Å². The van der Waals surface area contributed by atoms with Gasteiger partial charge >= 0.3 is 0 Å². The summed E-state index contributed by atoms with van der Waals surface area (Å²) >= 11 is 4.82. The molecule has 3 aromatic carbocycles. The third-order valence-electron chi connectivity index (χ3n) is 7.03. The van der Waals surface area contributed by atoms with Crippen molar-refractivity contribution in [3.05, 3.63) is 60.2 Å². The van der Waals surface area contributed by atoms with Crippen molar-refractivity contribution in [3.8, 4) is 22.6 Å². The molecule has 34 heavy (non-hydrogen) atoms. The van der Waals surface area contributed by atoms with Crippen molar-refractivity contribution in [2.75, 3.05) is 14.2 Å². The van der Waals surface area contributed by atoms with Gasteiger partial charge in [0.2, 0.25) is 6.71 Å². The van der Waals surface area contributed by atoms with Crippen LogP contribution in [0, 0.1) is 7.14 Å². The van der Waals surface area contributed by atoms with Gasteiger partial charge in [0.15, 0.2) is 0 Å². The molecule has 0 bridgehead atoms. The summed E-state index contributed by atoms with van der Waals surface area (Å²) in [5.74, 6) is 3.22. The minimum absolute atomic E-state index is 0.194. The number of hydrogen-bond acceptors (Lipinski definition) is 2. The highest BCUT2D eigenvalue weighted by Crippen LogP contribution is 2.36. The van der Waals surface area contributed by atoms with E-state index in [1.165, 1.54) is 44.2 Å². The summed E-state index contributed by atoms with van der Waals surface area (Å²) < 4.78 is 13.8. The van der Waals surface area contributed by atoms with Crippen molar-refractivity contribution in [1.82, 2.24) is 0 Å². The van der Waals surface area contributed by atoms with Crippen molar-refractivity contribution < 1.29 is 9.47 Å². The monoisotopic (exact) mass is 678 g/mol. The van der Waals surface area contributed by atoms with Gasteiger partial charge in [-0.2, -0.15) is 0 Å². The molecule has 1 aliphatic rings. The van der Waals surface area contributed by atoms with Crippen LogP contribution in [0.2, 0.25) is 0 Å². The van der Waals surface area contributed by atoms with E-state index in [4.69, 9.17) is 9.47 Å². The van der Waals surface area contributed by atoms with Gasteiger partial charge in [-0.25, -0.2) is 0 Å². The van der Waals surface area contributed by atoms with E-state index in [0.29, 0.717) is 17.8 Å². The van der Waals surface area contributed by atoms with Crippen LogP contribution in [0.4, 0.5) is 0 Å². The first-order valence-corrected chi connectivity index (χ1v) is 14.2. The Hall–Kier alpha value is -1.22. The van der Waals surface area contributed by atoms with Crippen LogP contribution >= 0.6 is 45.2 Å². The quantitative estimate of drug-likeness (QED) is 0.166. The molecule has 0 saturated carbocycles. The van der Waals surface area contributed by atoms with Gasteiger partial charge in [0.05, 0.1) is 21.4 Å². The highest BCUT2D eigenvalue weighted by atomic mass is 127.